The number of anilines is 1. The summed E-state index contributed by atoms with van der Waals surface area (Å²) in [7, 11) is 2.00. The van der Waals surface area contributed by atoms with Crippen molar-refractivity contribution in [1.29, 1.82) is 0 Å². The molecule has 1 aromatic carbocycles. The first kappa shape index (κ1) is 17.8. The van der Waals surface area contributed by atoms with Crippen molar-refractivity contribution >= 4 is 11.7 Å². The number of nitrogens with two attached hydrogens (primary N) is 2. The molecule has 0 amide bonds. The fourth-order valence-corrected chi connectivity index (χ4v) is 3.84. The average Bonchev–Trinajstić information content (AvgIpc) is 3.34. The zero-order chi connectivity index (χ0) is 19.0. The molecule has 2 aliphatic rings. The van der Waals surface area contributed by atoms with Crippen LogP contribution in [0.15, 0.2) is 35.6 Å². The Morgan fingerprint density at radius 2 is 2.19 bits per heavy atom. The molecule has 1 aromatic heterocycles. The molecular formula is C19H26FN6O+. The van der Waals surface area contributed by atoms with E-state index in [2.05, 4.69) is 20.8 Å². The van der Waals surface area contributed by atoms with E-state index in [4.69, 9.17) is 16.3 Å². The van der Waals surface area contributed by atoms with E-state index < -0.39 is 0 Å². The number of hydrogen-bond donors (Lipinski definition) is 2. The SMILES string of the molecule is C[n+]1ccc2n1CCN2Cc1ccc(C(N)=NOC2CCCC2N)cc1F. The third kappa shape index (κ3) is 3.49. The Bertz CT molecular complexity index is 864. The lowest BCUT2D eigenvalue weighted by Gasteiger charge is -2.17. The van der Waals surface area contributed by atoms with E-state index in [0.29, 0.717) is 17.7 Å². The Morgan fingerprint density at radius 1 is 1.33 bits per heavy atom. The number of oxime groups is 1. The van der Waals surface area contributed by atoms with Crippen LogP contribution in [0.2, 0.25) is 0 Å². The fraction of sp³-hybridized carbons (Fsp3) is 0.474. The Labute approximate surface area is 158 Å². The molecule has 1 aliphatic carbocycles. The minimum atomic E-state index is -0.294. The molecule has 2 aromatic rings. The molecule has 8 heteroatoms. The molecule has 2 atom stereocenters. The van der Waals surface area contributed by atoms with Gasteiger partial charge in [-0.3, -0.25) is 0 Å². The fourth-order valence-electron chi connectivity index (χ4n) is 3.84. The van der Waals surface area contributed by atoms with Gasteiger partial charge in [0.25, 0.3) is 0 Å². The van der Waals surface area contributed by atoms with Crippen molar-refractivity contribution in [1.82, 2.24) is 4.68 Å². The summed E-state index contributed by atoms with van der Waals surface area (Å²) in [5.41, 5.74) is 13.1. The molecule has 1 saturated carbocycles. The highest BCUT2D eigenvalue weighted by Crippen LogP contribution is 2.23. The summed E-state index contributed by atoms with van der Waals surface area (Å²) in [5.74, 6) is 0.975. The van der Waals surface area contributed by atoms with E-state index in [1.165, 1.54) is 6.07 Å². The first-order chi connectivity index (χ1) is 13.0. The molecule has 4 rings (SSSR count). The zero-order valence-corrected chi connectivity index (χ0v) is 15.5. The van der Waals surface area contributed by atoms with Crippen LogP contribution in [0, 0.1) is 5.82 Å². The van der Waals surface area contributed by atoms with E-state index in [9.17, 15) is 4.39 Å². The first-order valence-corrected chi connectivity index (χ1v) is 9.37. The number of fused-ring (bicyclic) bond motifs is 1. The summed E-state index contributed by atoms with van der Waals surface area (Å²) >= 11 is 0. The van der Waals surface area contributed by atoms with Crippen LogP contribution in [-0.4, -0.2) is 29.2 Å². The maximum Gasteiger partial charge on any atom is 0.197 e. The van der Waals surface area contributed by atoms with Gasteiger partial charge in [-0.1, -0.05) is 17.3 Å². The number of rotatable bonds is 5. The van der Waals surface area contributed by atoms with Crippen molar-refractivity contribution in [2.45, 2.75) is 44.5 Å². The predicted molar refractivity (Wildman–Crippen MR) is 100 cm³/mol. The van der Waals surface area contributed by atoms with Gasteiger partial charge in [0, 0.05) is 30.3 Å². The topological polar surface area (TPSA) is 85.7 Å². The van der Waals surface area contributed by atoms with Crippen LogP contribution < -0.4 is 21.0 Å². The number of aromatic nitrogens is 2. The van der Waals surface area contributed by atoms with Crippen molar-refractivity contribution in [3.05, 3.63) is 47.4 Å². The predicted octanol–water partition coefficient (Wildman–Crippen LogP) is 0.989. The van der Waals surface area contributed by atoms with Gasteiger partial charge in [0.2, 0.25) is 0 Å². The van der Waals surface area contributed by atoms with E-state index in [1.807, 2.05) is 17.9 Å². The second-order valence-corrected chi connectivity index (χ2v) is 7.31. The van der Waals surface area contributed by atoms with Gasteiger partial charge in [-0.15, -0.1) is 9.36 Å². The van der Waals surface area contributed by atoms with Crippen molar-refractivity contribution in [2.75, 3.05) is 11.4 Å². The molecule has 1 aliphatic heterocycles. The van der Waals surface area contributed by atoms with Crippen LogP contribution in [0.3, 0.4) is 0 Å². The van der Waals surface area contributed by atoms with Gasteiger partial charge < -0.3 is 21.2 Å². The van der Waals surface area contributed by atoms with Crippen molar-refractivity contribution in [3.8, 4) is 0 Å². The Morgan fingerprint density at radius 3 is 2.93 bits per heavy atom. The van der Waals surface area contributed by atoms with Gasteiger partial charge >= 0.3 is 0 Å². The number of amidine groups is 1. The first-order valence-electron chi connectivity index (χ1n) is 9.37. The summed E-state index contributed by atoms with van der Waals surface area (Å²) in [6, 6.07) is 7.00. The summed E-state index contributed by atoms with van der Waals surface area (Å²) in [5, 5.41) is 3.96. The highest BCUT2D eigenvalue weighted by atomic mass is 19.1. The minimum Gasteiger partial charge on any atom is -0.389 e. The monoisotopic (exact) mass is 373 g/mol. The van der Waals surface area contributed by atoms with Crippen molar-refractivity contribution < 1.29 is 13.9 Å². The van der Waals surface area contributed by atoms with Crippen LogP contribution in [0.25, 0.3) is 0 Å². The van der Waals surface area contributed by atoms with E-state index in [-0.39, 0.29) is 23.8 Å². The molecular weight excluding hydrogens is 347 g/mol. The molecule has 0 spiro atoms. The summed E-state index contributed by atoms with van der Waals surface area (Å²) < 4.78 is 18.9. The molecule has 2 heterocycles. The van der Waals surface area contributed by atoms with Crippen LogP contribution in [0.1, 0.15) is 30.4 Å². The second-order valence-electron chi connectivity index (χ2n) is 7.31. The Kier molecular flexibility index (Phi) is 4.73. The number of aryl methyl sites for hydroxylation is 1. The number of benzene rings is 1. The van der Waals surface area contributed by atoms with Gasteiger partial charge in [-0.05, 0) is 25.3 Å². The smallest absolute Gasteiger partial charge is 0.197 e. The third-order valence-electron chi connectivity index (χ3n) is 5.49. The summed E-state index contributed by atoms with van der Waals surface area (Å²) in [4.78, 5) is 7.62. The van der Waals surface area contributed by atoms with Crippen LogP contribution in [-0.2, 0) is 25.0 Å². The molecule has 0 radical (unpaired) electrons. The highest BCUT2D eigenvalue weighted by molar-refractivity contribution is 5.97. The average molecular weight is 373 g/mol. The lowest BCUT2D eigenvalue weighted by molar-refractivity contribution is -0.751. The quantitative estimate of drug-likeness (QED) is 0.354. The Hall–Kier alpha value is -2.61. The molecule has 2 unspecified atom stereocenters. The second kappa shape index (κ2) is 7.19. The number of nitrogens with zero attached hydrogens (tertiary/aromatic N) is 4. The highest BCUT2D eigenvalue weighted by Gasteiger charge is 2.27. The lowest BCUT2D eigenvalue weighted by Crippen LogP contribution is -2.37. The van der Waals surface area contributed by atoms with Gasteiger partial charge in [0.15, 0.2) is 24.9 Å². The lowest BCUT2D eigenvalue weighted by atomic mass is 10.1. The standard InChI is InChI=1S/C19H26FN6O/c1-24-8-7-18-25(9-10-26(18)24)12-14-6-5-13(11-15(14)20)19(22)23-27-17-4-2-3-16(17)21/h5-8,11,16-17H,2-4,9-10,12,21H2,1H3,(H2,22,23)/q+1. The van der Waals surface area contributed by atoms with Crippen LogP contribution in [0.5, 0.6) is 0 Å². The van der Waals surface area contributed by atoms with Crippen LogP contribution >= 0.6 is 0 Å². The van der Waals surface area contributed by atoms with Gasteiger partial charge in [0.1, 0.15) is 11.9 Å². The zero-order valence-electron chi connectivity index (χ0n) is 15.5. The molecule has 7 nitrogen and oxygen atoms in total. The maximum atomic E-state index is 14.6. The molecule has 27 heavy (non-hydrogen) atoms. The molecule has 1 fully saturated rings. The maximum absolute atomic E-state index is 14.6. The number of halogens is 1. The minimum absolute atomic E-state index is 0.0122. The van der Waals surface area contributed by atoms with Crippen molar-refractivity contribution in [2.24, 2.45) is 23.7 Å². The molecule has 4 N–H and O–H groups in total. The van der Waals surface area contributed by atoms with Crippen LogP contribution in [0.4, 0.5) is 10.2 Å². The molecule has 144 valence electrons. The van der Waals surface area contributed by atoms with Gasteiger partial charge in [0.05, 0.1) is 12.6 Å². The largest absolute Gasteiger partial charge is 0.389 e. The van der Waals surface area contributed by atoms with Gasteiger partial charge in [-0.2, -0.15) is 0 Å². The van der Waals surface area contributed by atoms with Crippen molar-refractivity contribution in [3.63, 3.8) is 0 Å². The van der Waals surface area contributed by atoms with E-state index in [1.54, 1.807) is 12.1 Å². The Balaban J connectivity index is 1.44. The van der Waals surface area contributed by atoms with E-state index in [0.717, 1.165) is 38.2 Å². The summed E-state index contributed by atoms with van der Waals surface area (Å²) in [6.07, 6.45) is 4.74. The molecule has 0 saturated heterocycles. The summed E-state index contributed by atoms with van der Waals surface area (Å²) in [6.45, 7) is 2.28. The van der Waals surface area contributed by atoms with Gasteiger partial charge in [-0.25, -0.2) is 4.39 Å². The normalized spacial score (nSPS) is 22.3. The molecule has 0 bridgehead atoms. The third-order valence-corrected chi connectivity index (χ3v) is 5.49. The number of hydrogen-bond acceptors (Lipinski definition) is 4. The van der Waals surface area contributed by atoms with E-state index >= 15 is 0 Å².